The van der Waals surface area contributed by atoms with E-state index >= 15 is 0 Å². The van der Waals surface area contributed by atoms with Gasteiger partial charge in [-0.05, 0) is 42.8 Å². The molecular weight excluding hydrogens is 256 g/mol. The third-order valence-corrected chi connectivity index (χ3v) is 2.74. The zero-order chi connectivity index (χ0) is 13.5. The quantitative estimate of drug-likeness (QED) is 0.624. The van der Waals surface area contributed by atoms with E-state index in [1.54, 1.807) is 0 Å². The standard InChI is InChI=1S/C16H15ClN2/c1-13(18-19-16-8-3-2-4-9-16)10-11-14-6-5-7-15(17)12-14/h2-12,19H,1H3/b11-10+,18-13+. The lowest BCUT2D eigenvalue weighted by Gasteiger charge is -2.00. The van der Waals surface area contributed by atoms with Crippen molar-refractivity contribution in [2.75, 3.05) is 5.43 Å². The molecule has 0 saturated heterocycles. The van der Waals surface area contributed by atoms with Crippen LogP contribution in [-0.4, -0.2) is 5.71 Å². The Balaban J connectivity index is 1.99. The molecule has 0 heterocycles. The molecule has 2 aromatic rings. The molecule has 0 atom stereocenters. The molecule has 0 bridgehead atoms. The molecule has 19 heavy (non-hydrogen) atoms. The van der Waals surface area contributed by atoms with Crippen molar-refractivity contribution in [3.8, 4) is 0 Å². The van der Waals surface area contributed by atoms with Gasteiger partial charge in [-0.3, -0.25) is 5.43 Å². The summed E-state index contributed by atoms with van der Waals surface area (Å²) in [5, 5.41) is 5.01. The van der Waals surface area contributed by atoms with Crippen LogP contribution in [-0.2, 0) is 0 Å². The lowest BCUT2D eigenvalue weighted by atomic mass is 10.2. The third kappa shape index (κ3) is 4.60. The van der Waals surface area contributed by atoms with Crippen LogP contribution >= 0.6 is 11.6 Å². The number of rotatable bonds is 4. The molecule has 0 aliphatic heterocycles. The highest BCUT2D eigenvalue weighted by molar-refractivity contribution is 6.30. The van der Waals surface area contributed by atoms with Crippen molar-refractivity contribution in [3.63, 3.8) is 0 Å². The largest absolute Gasteiger partial charge is 0.278 e. The number of hydrazone groups is 1. The second-order valence-corrected chi connectivity index (χ2v) is 4.56. The maximum Gasteiger partial charge on any atom is 0.0576 e. The van der Waals surface area contributed by atoms with E-state index in [2.05, 4.69) is 10.5 Å². The molecule has 1 N–H and O–H groups in total. The Morgan fingerprint density at radius 2 is 1.89 bits per heavy atom. The van der Waals surface area contributed by atoms with E-state index in [4.69, 9.17) is 11.6 Å². The fraction of sp³-hybridized carbons (Fsp3) is 0.0625. The summed E-state index contributed by atoms with van der Waals surface area (Å²) in [7, 11) is 0. The number of anilines is 1. The predicted octanol–water partition coefficient (Wildman–Crippen LogP) is 4.84. The molecule has 0 aromatic heterocycles. The zero-order valence-corrected chi connectivity index (χ0v) is 11.4. The maximum absolute atomic E-state index is 5.92. The predicted molar refractivity (Wildman–Crippen MR) is 83.7 cm³/mol. The monoisotopic (exact) mass is 270 g/mol. The highest BCUT2D eigenvalue weighted by Crippen LogP contribution is 2.12. The van der Waals surface area contributed by atoms with Gasteiger partial charge < -0.3 is 0 Å². The molecule has 0 amide bonds. The molecule has 0 saturated carbocycles. The van der Waals surface area contributed by atoms with Crippen LogP contribution in [0.1, 0.15) is 12.5 Å². The van der Waals surface area contributed by atoms with E-state index < -0.39 is 0 Å². The highest BCUT2D eigenvalue weighted by atomic mass is 35.5. The summed E-state index contributed by atoms with van der Waals surface area (Å²) in [6, 6.07) is 17.5. The minimum Gasteiger partial charge on any atom is -0.278 e. The van der Waals surface area contributed by atoms with Crippen molar-refractivity contribution in [2.45, 2.75) is 6.92 Å². The number of hydrogen-bond acceptors (Lipinski definition) is 2. The molecule has 0 unspecified atom stereocenters. The van der Waals surface area contributed by atoms with E-state index in [0.717, 1.165) is 22.0 Å². The summed E-state index contributed by atoms with van der Waals surface area (Å²) in [5.74, 6) is 0. The van der Waals surface area contributed by atoms with Crippen LogP contribution in [0.3, 0.4) is 0 Å². The normalized spacial score (nSPS) is 11.8. The van der Waals surface area contributed by atoms with Gasteiger partial charge >= 0.3 is 0 Å². The first-order valence-corrected chi connectivity index (χ1v) is 6.41. The van der Waals surface area contributed by atoms with Crippen LogP contribution in [0, 0.1) is 0 Å². The van der Waals surface area contributed by atoms with Gasteiger partial charge in [-0.2, -0.15) is 5.10 Å². The minimum absolute atomic E-state index is 0.735. The van der Waals surface area contributed by atoms with E-state index in [1.807, 2.05) is 73.7 Å². The smallest absolute Gasteiger partial charge is 0.0576 e. The Morgan fingerprint density at radius 1 is 1.11 bits per heavy atom. The molecule has 2 nitrogen and oxygen atoms in total. The number of nitrogens with one attached hydrogen (secondary N) is 1. The SMILES string of the molecule is CC(/C=C/c1cccc(Cl)c1)=N\Nc1ccccc1. The van der Waals surface area contributed by atoms with Gasteiger partial charge in [-0.1, -0.05) is 48.0 Å². The molecule has 0 radical (unpaired) electrons. The second kappa shape index (κ2) is 6.76. The Hall–Kier alpha value is -2.06. The average Bonchev–Trinajstić information content (AvgIpc) is 2.44. The van der Waals surface area contributed by atoms with Crippen LogP contribution in [0.25, 0.3) is 6.08 Å². The fourth-order valence-electron chi connectivity index (χ4n) is 1.53. The first kappa shape index (κ1) is 13.4. The summed E-state index contributed by atoms with van der Waals surface area (Å²) >= 11 is 5.92. The molecule has 0 fully saturated rings. The van der Waals surface area contributed by atoms with Crippen LogP contribution in [0.15, 0.2) is 65.8 Å². The zero-order valence-electron chi connectivity index (χ0n) is 10.7. The lowest BCUT2D eigenvalue weighted by molar-refractivity contribution is 1.33. The number of benzene rings is 2. The molecule has 3 heteroatoms. The summed E-state index contributed by atoms with van der Waals surface area (Å²) in [6.45, 7) is 1.94. The van der Waals surface area contributed by atoms with Gasteiger partial charge in [-0.15, -0.1) is 0 Å². The van der Waals surface area contributed by atoms with Crippen molar-refractivity contribution < 1.29 is 0 Å². The van der Waals surface area contributed by atoms with Gasteiger partial charge in [0.15, 0.2) is 0 Å². The van der Waals surface area contributed by atoms with Gasteiger partial charge in [0, 0.05) is 5.02 Å². The summed E-state index contributed by atoms with van der Waals surface area (Å²) in [6.07, 6.45) is 3.93. The summed E-state index contributed by atoms with van der Waals surface area (Å²) in [5.41, 5.74) is 5.92. The molecule has 2 aromatic carbocycles. The van der Waals surface area contributed by atoms with Gasteiger partial charge in [-0.25, -0.2) is 0 Å². The highest BCUT2D eigenvalue weighted by Gasteiger charge is 1.90. The van der Waals surface area contributed by atoms with Crippen LogP contribution in [0.4, 0.5) is 5.69 Å². The fourth-order valence-corrected chi connectivity index (χ4v) is 1.73. The first-order valence-electron chi connectivity index (χ1n) is 6.03. The Labute approximate surface area is 118 Å². The number of halogens is 1. The Bertz CT molecular complexity index is 589. The van der Waals surface area contributed by atoms with Gasteiger partial charge in [0.05, 0.1) is 11.4 Å². The molecule has 0 spiro atoms. The minimum atomic E-state index is 0.735. The molecular formula is C16H15ClN2. The number of hydrogen-bond donors (Lipinski definition) is 1. The van der Waals surface area contributed by atoms with Crippen LogP contribution in [0.2, 0.25) is 5.02 Å². The lowest BCUT2D eigenvalue weighted by Crippen LogP contribution is -1.93. The van der Waals surface area contributed by atoms with Gasteiger partial charge in [0.1, 0.15) is 0 Å². The molecule has 0 aliphatic carbocycles. The van der Waals surface area contributed by atoms with Crippen molar-refractivity contribution in [3.05, 3.63) is 71.3 Å². The summed E-state index contributed by atoms with van der Waals surface area (Å²) in [4.78, 5) is 0. The van der Waals surface area contributed by atoms with Gasteiger partial charge in [0.2, 0.25) is 0 Å². The van der Waals surface area contributed by atoms with Crippen molar-refractivity contribution in [1.82, 2.24) is 0 Å². The van der Waals surface area contributed by atoms with Crippen molar-refractivity contribution in [1.29, 1.82) is 0 Å². The number of nitrogens with zero attached hydrogens (tertiary/aromatic N) is 1. The average molecular weight is 271 g/mol. The number of para-hydroxylation sites is 1. The third-order valence-electron chi connectivity index (χ3n) is 2.50. The van der Waals surface area contributed by atoms with Crippen LogP contribution < -0.4 is 5.43 Å². The van der Waals surface area contributed by atoms with E-state index in [0.29, 0.717) is 0 Å². The number of allylic oxidation sites excluding steroid dienone is 1. The van der Waals surface area contributed by atoms with Crippen molar-refractivity contribution in [2.24, 2.45) is 5.10 Å². The van der Waals surface area contributed by atoms with E-state index in [9.17, 15) is 0 Å². The molecule has 0 aliphatic rings. The molecule has 96 valence electrons. The Kier molecular flexibility index (Phi) is 4.76. The van der Waals surface area contributed by atoms with E-state index in [-0.39, 0.29) is 0 Å². The van der Waals surface area contributed by atoms with Gasteiger partial charge in [0.25, 0.3) is 0 Å². The Morgan fingerprint density at radius 3 is 2.63 bits per heavy atom. The van der Waals surface area contributed by atoms with E-state index in [1.165, 1.54) is 0 Å². The topological polar surface area (TPSA) is 24.4 Å². The molecule has 2 rings (SSSR count). The second-order valence-electron chi connectivity index (χ2n) is 4.12. The first-order chi connectivity index (χ1) is 9.24. The summed E-state index contributed by atoms with van der Waals surface area (Å²) < 4.78 is 0. The van der Waals surface area contributed by atoms with Crippen LogP contribution in [0.5, 0.6) is 0 Å². The van der Waals surface area contributed by atoms with Crippen molar-refractivity contribution >= 4 is 29.1 Å². The maximum atomic E-state index is 5.92.